The molecule has 2 nitrogen and oxygen atoms in total. The molecule has 0 radical (unpaired) electrons. The summed E-state index contributed by atoms with van der Waals surface area (Å²) in [7, 11) is 4.01. The van der Waals surface area contributed by atoms with E-state index in [0.717, 1.165) is 13.1 Å². The minimum atomic E-state index is 0. The van der Waals surface area contributed by atoms with Crippen molar-refractivity contribution in [1.82, 2.24) is 4.90 Å². The third-order valence-corrected chi connectivity index (χ3v) is 0.576. The first-order valence-corrected chi connectivity index (χ1v) is 2.12. The Hall–Kier alpha value is 0.729. The van der Waals surface area contributed by atoms with Gasteiger partial charge in [-0.15, -0.1) is 0 Å². The number of likely N-dealkylation sites (N-methyl/N-ethyl adjacent to an activating group) is 1. The average molecular weight is 187 g/mol. The van der Waals surface area contributed by atoms with Crippen molar-refractivity contribution in [3.8, 4) is 0 Å². The van der Waals surface area contributed by atoms with Crippen LogP contribution in [0.4, 0.5) is 0 Å². The fourth-order valence-corrected chi connectivity index (χ4v) is 0.258. The maximum atomic E-state index is 5.19. The van der Waals surface area contributed by atoms with Crippen LogP contribution in [0.15, 0.2) is 0 Å². The number of hydrogen-bond acceptors (Lipinski definition) is 2. The van der Waals surface area contributed by atoms with E-state index >= 15 is 0 Å². The maximum Gasteiger partial charge on any atom is 1.00 e. The monoisotopic (exact) mass is 186 g/mol. The molecule has 0 amide bonds. The zero-order chi connectivity index (χ0) is 4.99. The van der Waals surface area contributed by atoms with Gasteiger partial charge in [-0.3, -0.25) is 0 Å². The summed E-state index contributed by atoms with van der Waals surface area (Å²) in [5.74, 6) is 0. The molecular weight excluding hydrogens is 175 g/mol. The second kappa shape index (κ2) is 10.7. The average Bonchev–Trinajstić information content (AvgIpc) is 1.35. The molecule has 0 saturated carbocycles. The molecule has 2 N–H and O–H groups in total. The number of halogens is 1. The summed E-state index contributed by atoms with van der Waals surface area (Å²) in [4.78, 5) is 2.06. The van der Waals surface area contributed by atoms with Gasteiger partial charge in [0.2, 0.25) is 0 Å². The summed E-state index contributed by atoms with van der Waals surface area (Å²) in [6.45, 7) is 1.74. The Morgan fingerprint density at radius 3 is 1.75 bits per heavy atom. The molecule has 0 bridgehead atoms. The van der Waals surface area contributed by atoms with Crippen LogP contribution in [0.25, 0.3) is 0 Å². The van der Waals surface area contributed by atoms with Gasteiger partial charge in [0.05, 0.1) is 0 Å². The minimum Gasteiger partial charge on any atom is -1.00 e. The van der Waals surface area contributed by atoms with E-state index in [0.29, 0.717) is 0 Å². The molecule has 4 heteroatoms. The van der Waals surface area contributed by atoms with Gasteiger partial charge in [-0.2, -0.15) is 0 Å². The first kappa shape index (κ1) is 15.9. The normalized spacial score (nSPS) is 7.50. The minimum absolute atomic E-state index is 0. The van der Waals surface area contributed by atoms with Gasteiger partial charge in [-0.1, -0.05) is 0 Å². The molecule has 0 aromatic heterocycles. The number of rotatable bonds is 2. The summed E-state index contributed by atoms with van der Waals surface area (Å²) in [5.41, 5.74) is 5.19. The Kier molecular flexibility index (Phi) is 21.2. The fourth-order valence-electron chi connectivity index (χ4n) is 0.258. The van der Waals surface area contributed by atoms with Gasteiger partial charge < -0.3 is 23.0 Å². The molecule has 0 rings (SSSR count). The van der Waals surface area contributed by atoms with Crippen molar-refractivity contribution in [3.63, 3.8) is 0 Å². The molecule has 56 valence electrons. The van der Waals surface area contributed by atoms with Gasteiger partial charge in [0.15, 0.2) is 0 Å². The van der Waals surface area contributed by atoms with E-state index in [1.165, 1.54) is 0 Å². The van der Waals surface area contributed by atoms with Crippen LogP contribution in [0.3, 0.4) is 0 Å². The van der Waals surface area contributed by atoms with Crippen molar-refractivity contribution < 1.29 is 29.5 Å². The smallest absolute Gasteiger partial charge is 1.00 e. The standard InChI is InChI=1S/C4H12N2.ClH.Cu/c1-6(2)4-3-5;;/h3-5H2,1-2H3;1H;/q;;+1/p-1. The van der Waals surface area contributed by atoms with Crippen LogP contribution >= 0.6 is 0 Å². The molecule has 0 aliphatic carbocycles. The molecule has 0 aliphatic rings. The summed E-state index contributed by atoms with van der Waals surface area (Å²) in [5, 5.41) is 0. The molecule has 0 fully saturated rings. The van der Waals surface area contributed by atoms with Crippen molar-refractivity contribution in [2.45, 2.75) is 0 Å². The van der Waals surface area contributed by atoms with Crippen molar-refractivity contribution in [1.29, 1.82) is 0 Å². The van der Waals surface area contributed by atoms with Crippen LogP contribution in [0.5, 0.6) is 0 Å². The topological polar surface area (TPSA) is 29.3 Å². The number of nitrogens with zero attached hydrogens (tertiary/aromatic N) is 1. The Bertz CT molecular complexity index is 35.2. The SMILES string of the molecule is CN(C)CCN.[Cl-].[Cu+]. The van der Waals surface area contributed by atoms with Crippen LogP contribution in [0.1, 0.15) is 0 Å². The third kappa shape index (κ3) is 15.9. The summed E-state index contributed by atoms with van der Waals surface area (Å²) < 4.78 is 0. The number of nitrogens with two attached hydrogens (primary N) is 1. The first-order chi connectivity index (χ1) is 2.77. The van der Waals surface area contributed by atoms with Crippen LogP contribution in [-0.4, -0.2) is 32.1 Å². The van der Waals surface area contributed by atoms with Crippen molar-refractivity contribution in [3.05, 3.63) is 0 Å². The van der Waals surface area contributed by atoms with E-state index in [1.807, 2.05) is 14.1 Å². The summed E-state index contributed by atoms with van der Waals surface area (Å²) in [6, 6.07) is 0. The predicted molar refractivity (Wildman–Crippen MR) is 27.6 cm³/mol. The van der Waals surface area contributed by atoms with Crippen LogP contribution < -0.4 is 18.1 Å². The molecule has 0 unspecified atom stereocenters. The van der Waals surface area contributed by atoms with Crippen molar-refractivity contribution >= 4 is 0 Å². The van der Waals surface area contributed by atoms with E-state index in [-0.39, 0.29) is 29.5 Å². The van der Waals surface area contributed by atoms with Crippen molar-refractivity contribution in [2.75, 3.05) is 27.2 Å². The molecule has 0 heterocycles. The molecule has 0 aliphatic heterocycles. The zero-order valence-electron chi connectivity index (χ0n) is 5.12. The van der Waals surface area contributed by atoms with E-state index in [4.69, 9.17) is 5.73 Å². The van der Waals surface area contributed by atoms with Gasteiger partial charge in [0.1, 0.15) is 0 Å². The third-order valence-electron chi connectivity index (χ3n) is 0.576. The number of hydrogen-bond donors (Lipinski definition) is 1. The Labute approximate surface area is 67.7 Å². The molecule has 8 heavy (non-hydrogen) atoms. The molecule has 0 spiro atoms. The largest absolute Gasteiger partial charge is 1.00 e. The van der Waals surface area contributed by atoms with Gasteiger partial charge in [0.25, 0.3) is 0 Å². The van der Waals surface area contributed by atoms with Gasteiger partial charge >= 0.3 is 17.1 Å². The predicted octanol–water partition coefficient (Wildman–Crippen LogP) is -3.49. The second-order valence-corrected chi connectivity index (χ2v) is 1.59. The fraction of sp³-hybridized carbons (Fsp3) is 1.00. The van der Waals surface area contributed by atoms with E-state index in [2.05, 4.69) is 4.90 Å². The van der Waals surface area contributed by atoms with E-state index in [1.54, 1.807) is 0 Å². The Morgan fingerprint density at radius 1 is 1.38 bits per heavy atom. The molecule has 0 saturated heterocycles. The molecule has 0 aromatic carbocycles. The van der Waals surface area contributed by atoms with Crippen molar-refractivity contribution in [2.24, 2.45) is 5.73 Å². The van der Waals surface area contributed by atoms with Gasteiger partial charge in [-0.05, 0) is 14.1 Å². The first-order valence-electron chi connectivity index (χ1n) is 2.12. The molecule has 0 aromatic rings. The molecule has 0 atom stereocenters. The maximum absolute atomic E-state index is 5.19. The summed E-state index contributed by atoms with van der Waals surface area (Å²) in [6.07, 6.45) is 0. The van der Waals surface area contributed by atoms with Crippen LogP contribution in [0.2, 0.25) is 0 Å². The Morgan fingerprint density at radius 2 is 1.75 bits per heavy atom. The quantitative estimate of drug-likeness (QED) is 0.455. The van der Waals surface area contributed by atoms with E-state index in [9.17, 15) is 0 Å². The second-order valence-electron chi connectivity index (χ2n) is 1.59. The zero-order valence-corrected chi connectivity index (χ0v) is 6.82. The Balaban J connectivity index is -0.000000125. The van der Waals surface area contributed by atoms with Crippen LogP contribution in [-0.2, 0) is 17.1 Å². The van der Waals surface area contributed by atoms with Gasteiger partial charge in [-0.25, -0.2) is 0 Å². The molecular formula is C4H12ClCuN2. The summed E-state index contributed by atoms with van der Waals surface area (Å²) >= 11 is 0. The van der Waals surface area contributed by atoms with Gasteiger partial charge in [0, 0.05) is 13.1 Å². The van der Waals surface area contributed by atoms with Crippen LogP contribution in [0, 0.1) is 0 Å². The van der Waals surface area contributed by atoms with E-state index < -0.39 is 0 Å².